The van der Waals surface area contributed by atoms with Gasteiger partial charge < -0.3 is 19.5 Å². The van der Waals surface area contributed by atoms with Crippen molar-refractivity contribution in [3.63, 3.8) is 0 Å². The molecule has 174 valence electrons. The summed E-state index contributed by atoms with van der Waals surface area (Å²) in [5.41, 5.74) is 1.27. The number of hydrogen-bond acceptors (Lipinski definition) is 4. The Morgan fingerprint density at radius 1 is 0.758 bits per heavy atom. The molecule has 3 rings (SSSR count). The van der Waals surface area contributed by atoms with E-state index in [1.54, 1.807) is 43.5 Å². The number of rotatable bonds is 13. The fourth-order valence-corrected chi connectivity index (χ4v) is 3.41. The summed E-state index contributed by atoms with van der Waals surface area (Å²) in [7, 11) is 1.61. The van der Waals surface area contributed by atoms with Crippen LogP contribution in [0.1, 0.15) is 55.8 Å². The van der Waals surface area contributed by atoms with Crippen LogP contribution in [0.25, 0.3) is 0 Å². The largest absolute Gasteiger partial charge is 0.494 e. The summed E-state index contributed by atoms with van der Waals surface area (Å²) in [5.74, 6) is 2.57. The minimum atomic E-state index is -0.170. The lowest BCUT2D eigenvalue weighted by atomic mass is 10.1. The van der Waals surface area contributed by atoms with Crippen LogP contribution in [0.15, 0.2) is 72.8 Å². The Labute approximate surface area is 196 Å². The number of hydrogen-bond donors (Lipinski definition) is 1. The fourth-order valence-electron chi connectivity index (χ4n) is 3.41. The Bertz CT molecular complexity index is 984. The number of anilines is 1. The molecular formula is C28H33NO4. The minimum Gasteiger partial charge on any atom is -0.494 e. The summed E-state index contributed by atoms with van der Waals surface area (Å²) >= 11 is 0. The van der Waals surface area contributed by atoms with E-state index in [2.05, 4.69) is 12.2 Å². The van der Waals surface area contributed by atoms with Crippen molar-refractivity contribution < 1.29 is 19.0 Å². The van der Waals surface area contributed by atoms with Crippen molar-refractivity contribution in [3.05, 3.63) is 78.4 Å². The van der Waals surface area contributed by atoms with Crippen molar-refractivity contribution in [1.82, 2.24) is 0 Å². The van der Waals surface area contributed by atoms with E-state index in [-0.39, 0.29) is 5.91 Å². The average molecular weight is 448 g/mol. The third-order valence-electron chi connectivity index (χ3n) is 5.29. The molecule has 1 N–H and O–H groups in total. The number of benzene rings is 3. The zero-order chi connectivity index (χ0) is 23.3. The third-order valence-corrected chi connectivity index (χ3v) is 5.29. The molecule has 0 bridgehead atoms. The van der Waals surface area contributed by atoms with E-state index in [1.807, 2.05) is 36.4 Å². The molecule has 0 aliphatic carbocycles. The highest BCUT2D eigenvalue weighted by Gasteiger charge is 2.08. The van der Waals surface area contributed by atoms with Crippen molar-refractivity contribution in [2.45, 2.75) is 45.4 Å². The Morgan fingerprint density at radius 2 is 1.39 bits per heavy atom. The topological polar surface area (TPSA) is 56.8 Å². The molecule has 0 aliphatic heterocycles. The van der Waals surface area contributed by atoms with Gasteiger partial charge in [0.25, 0.3) is 5.91 Å². The molecular weight excluding hydrogens is 414 g/mol. The normalized spacial score (nSPS) is 10.5. The smallest absolute Gasteiger partial charge is 0.255 e. The molecule has 0 aliphatic rings. The predicted octanol–water partition coefficient (Wildman–Crippen LogP) is 7.48. The van der Waals surface area contributed by atoms with E-state index in [4.69, 9.17) is 14.2 Å². The number of ether oxygens (including phenoxy) is 3. The third kappa shape index (κ3) is 7.86. The van der Waals surface area contributed by atoms with Gasteiger partial charge in [-0.3, -0.25) is 4.79 Å². The first-order valence-electron chi connectivity index (χ1n) is 11.6. The van der Waals surface area contributed by atoms with Crippen LogP contribution in [0.4, 0.5) is 5.69 Å². The van der Waals surface area contributed by atoms with Gasteiger partial charge in [-0.2, -0.15) is 0 Å². The number of carbonyl (C=O) groups is 1. The van der Waals surface area contributed by atoms with E-state index in [9.17, 15) is 4.79 Å². The van der Waals surface area contributed by atoms with Crippen LogP contribution in [0, 0.1) is 0 Å². The van der Waals surface area contributed by atoms with Gasteiger partial charge in [-0.1, -0.05) is 51.2 Å². The van der Waals surface area contributed by atoms with Gasteiger partial charge in [0, 0.05) is 11.3 Å². The zero-order valence-electron chi connectivity index (χ0n) is 19.5. The second kappa shape index (κ2) is 13.2. The van der Waals surface area contributed by atoms with Crippen LogP contribution in [-0.4, -0.2) is 19.6 Å². The first-order valence-corrected chi connectivity index (χ1v) is 11.6. The van der Waals surface area contributed by atoms with E-state index in [0.29, 0.717) is 35.1 Å². The summed E-state index contributed by atoms with van der Waals surface area (Å²) in [6, 6.07) is 21.9. The summed E-state index contributed by atoms with van der Waals surface area (Å²) in [6.07, 6.45) is 7.40. The van der Waals surface area contributed by atoms with Crippen molar-refractivity contribution in [2.24, 2.45) is 0 Å². The number of para-hydroxylation sites is 2. The standard InChI is InChI=1S/C28H33NO4/c1-3-4-5-6-7-10-21-32-24-17-13-22(14-18-24)28(30)29-23-15-19-25(20-16-23)33-27-12-9-8-11-26(27)31-2/h8-9,11-20H,3-7,10,21H2,1-2H3,(H,29,30). The van der Waals surface area contributed by atoms with Crippen molar-refractivity contribution in [2.75, 3.05) is 19.0 Å². The molecule has 0 unspecified atom stereocenters. The fraction of sp³-hybridized carbons (Fsp3) is 0.321. The number of carbonyl (C=O) groups excluding carboxylic acids is 1. The lowest BCUT2D eigenvalue weighted by Crippen LogP contribution is -2.11. The maximum atomic E-state index is 12.6. The molecule has 0 saturated carbocycles. The number of amides is 1. The highest BCUT2D eigenvalue weighted by molar-refractivity contribution is 6.04. The van der Waals surface area contributed by atoms with Gasteiger partial charge in [-0.05, 0) is 67.1 Å². The van der Waals surface area contributed by atoms with E-state index in [1.165, 1.54) is 32.1 Å². The van der Waals surface area contributed by atoms with Crippen LogP contribution >= 0.6 is 0 Å². The molecule has 1 amide bonds. The van der Waals surface area contributed by atoms with Crippen LogP contribution in [-0.2, 0) is 0 Å². The zero-order valence-corrected chi connectivity index (χ0v) is 19.5. The number of unbranched alkanes of at least 4 members (excludes halogenated alkanes) is 5. The first kappa shape index (κ1) is 24.2. The van der Waals surface area contributed by atoms with Crippen molar-refractivity contribution in [3.8, 4) is 23.0 Å². The van der Waals surface area contributed by atoms with Gasteiger partial charge in [0.1, 0.15) is 11.5 Å². The van der Waals surface area contributed by atoms with Gasteiger partial charge in [0.2, 0.25) is 0 Å². The van der Waals surface area contributed by atoms with E-state index in [0.717, 1.165) is 12.2 Å². The Balaban J connectivity index is 1.45. The Hall–Kier alpha value is -3.47. The molecule has 0 fully saturated rings. The quantitative estimate of drug-likeness (QED) is 0.276. The number of nitrogens with one attached hydrogen (secondary N) is 1. The van der Waals surface area contributed by atoms with Gasteiger partial charge in [-0.25, -0.2) is 0 Å². The second-order valence-electron chi connectivity index (χ2n) is 7.87. The molecule has 0 radical (unpaired) electrons. The highest BCUT2D eigenvalue weighted by Crippen LogP contribution is 2.31. The summed E-state index contributed by atoms with van der Waals surface area (Å²) in [5, 5.41) is 2.91. The lowest BCUT2D eigenvalue weighted by molar-refractivity contribution is 0.102. The molecule has 0 aromatic heterocycles. The van der Waals surface area contributed by atoms with Gasteiger partial charge >= 0.3 is 0 Å². The Kier molecular flexibility index (Phi) is 9.64. The van der Waals surface area contributed by atoms with Gasteiger partial charge in [-0.15, -0.1) is 0 Å². The molecule has 5 heteroatoms. The van der Waals surface area contributed by atoms with E-state index >= 15 is 0 Å². The minimum absolute atomic E-state index is 0.170. The first-order chi connectivity index (χ1) is 16.2. The second-order valence-corrected chi connectivity index (χ2v) is 7.87. The van der Waals surface area contributed by atoms with Crippen molar-refractivity contribution >= 4 is 11.6 Å². The predicted molar refractivity (Wildman–Crippen MR) is 133 cm³/mol. The number of methoxy groups -OCH3 is 1. The molecule has 3 aromatic rings. The Morgan fingerprint density at radius 3 is 2.09 bits per heavy atom. The molecule has 0 spiro atoms. The molecule has 33 heavy (non-hydrogen) atoms. The van der Waals surface area contributed by atoms with Crippen LogP contribution in [0.2, 0.25) is 0 Å². The van der Waals surface area contributed by atoms with Crippen LogP contribution in [0.5, 0.6) is 23.0 Å². The van der Waals surface area contributed by atoms with E-state index < -0.39 is 0 Å². The summed E-state index contributed by atoms with van der Waals surface area (Å²) < 4.78 is 17.0. The maximum Gasteiger partial charge on any atom is 0.255 e. The monoisotopic (exact) mass is 447 g/mol. The van der Waals surface area contributed by atoms with Gasteiger partial charge in [0.15, 0.2) is 11.5 Å². The molecule has 0 saturated heterocycles. The molecule has 0 heterocycles. The summed E-state index contributed by atoms with van der Waals surface area (Å²) in [6.45, 7) is 2.93. The van der Waals surface area contributed by atoms with Crippen LogP contribution in [0.3, 0.4) is 0 Å². The van der Waals surface area contributed by atoms with Crippen molar-refractivity contribution in [1.29, 1.82) is 0 Å². The summed E-state index contributed by atoms with van der Waals surface area (Å²) in [4.78, 5) is 12.6. The average Bonchev–Trinajstić information content (AvgIpc) is 2.85. The lowest BCUT2D eigenvalue weighted by Gasteiger charge is -2.11. The molecule has 3 aromatic carbocycles. The highest BCUT2D eigenvalue weighted by atomic mass is 16.5. The van der Waals surface area contributed by atoms with Gasteiger partial charge in [0.05, 0.1) is 13.7 Å². The molecule has 5 nitrogen and oxygen atoms in total. The molecule has 0 atom stereocenters. The van der Waals surface area contributed by atoms with Crippen LogP contribution < -0.4 is 19.5 Å². The maximum absolute atomic E-state index is 12.6. The SMILES string of the molecule is CCCCCCCCOc1ccc(C(=O)Nc2ccc(Oc3ccccc3OC)cc2)cc1.